The van der Waals surface area contributed by atoms with Crippen LogP contribution in [0.4, 0.5) is 0 Å². The normalized spacial score (nSPS) is 8.43. The molecule has 4 heteroatoms. The Morgan fingerprint density at radius 2 is 2.29 bits per heavy atom. The Hall–Kier alpha value is 0.687. The van der Waals surface area contributed by atoms with Crippen LogP contribution in [0, 0.1) is 6.16 Å². The Balaban J connectivity index is 0. The van der Waals surface area contributed by atoms with E-state index in [0.717, 1.165) is 0 Å². The standard InChI is InChI=1S/C3H6NPS.Li/c1-2-3-5(4)6;/h2-3H,1,4H2;/q;+1. The molecule has 2 N–H and O–H groups in total. The van der Waals surface area contributed by atoms with Crippen molar-refractivity contribution in [3.8, 4) is 0 Å². The van der Waals surface area contributed by atoms with Gasteiger partial charge in [0, 0.05) is 6.16 Å². The first-order chi connectivity index (χ1) is 2.77. The summed E-state index contributed by atoms with van der Waals surface area (Å²) in [6.07, 6.45) is 3.34. The van der Waals surface area contributed by atoms with Crippen molar-refractivity contribution >= 4 is 18.7 Å². The van der Waals surface area contributed by atoms with E-state index in [1.54, 1.807) is 12.2 Å². The minimum atomic E-state index is -0.760. The Labute approximate surface area is 62.0 Å². The second-order valence-corrected chi connectivity index (χ2v) is 3.03. The summed E-state index contributed by atoms with van der Waals surface area (Å²) >= 11 is 4.59. The van der Waals surface area contributed by atoms with E-state index in [1.807, 2.05) is 0 Å². The maximum absolute atomic E-state index is 5.16. The molecule has 0 aliphatic rings. The van der Waals surface area contributed by atoms with E-state index in [4.69, 9.17) is 5.50 Å². The van der Waals surface area contributed by atoms with Crippen LogP contribution in [0.1, 0.15) is 0 Å². The summed E-state index contributed by atoms with van der Waals surface area (Å²) in [5.41, 5.74) is 5.16. The third-order valence-corrected chi connectivity index (χ3v) is 1.12. The fraction of sp³-hybridized carbons (Fsp3) is 0. The van der Waals surface area contributed by atoms with E-state index >= 15 is 0 Å². The smallest absolute Gasteiger partial charge is 0.241 e. The summed E-state index contributed by atoms with van der Waals surface area (Å²) in [4.78, 5) is 0. The van der Waals surface area contributed by atoms with Crippen LogP contribution in [0.2, 0.25) is 0 Å². The molecule has 0 heterocycles. The first-order valence-electron chi connectivity index (χ1n) is 1.44. The minimum Gasteiger partial charge on any atom is -0.241 e. The summed E-state index contributed by atoms with van der Waals surface area (Å²) in [5, 5.41) is 0. The van der Waals surface area contributed by atoms with Gasteiger partial charge in [-0.25, -0.2) is 6.58 Å². The molecule has 0 radical (unpaired) electrons. The van der Waals surface area contributed by atoms with Crippen molar-refractivity contribution in [1.29, 1.82) is 0 Å². The topological polar surface area (TPSA) is 26.0 Å². The van der Waals surface area contributed by atoms with Gasteiger partial charge in [-0.05, 0) is 0 Å². The molecular weight excluding hydrogens is 120 g/mol. The average molecular weight is 126 g/mol. The Bertz CT molecular complexity index is 75.3. The van der Waals surface area contributed by atoms with Gasteiger partial charge in [-0.3, -0.25) is 0 Å². The summed E-state index contributed by atoms with van der Waals surface area (Å²) in [7, 11) is 0. The molecule has 0 spiro atoms. The van der Waals surface area contributed by atoms with Gasteiger partial charge in [0.25, 0.3) is 0 Å². The summed E-state index contributed by atoms with van der Waals surface area (Å²) in [6, 6.07) is 0. The monoisotopic (exact) mass is 126 g/mol. The van der Waals surface area contributed by atoms with Gasteiger partial charge in [0.15, 0.2) is 11.8 Å². The van der Waals surface area contributed by atoms with Gasteiger partial charge in [0.05, 0.1) is 0 Å². The molecule has 0 aromatic heterocycles. The molecule has 0 saturated carbocycles. The molecule has 0 aliphatic carbocycles. The number of nitrogens with two attached hydrogens (primary N) is 1. The molecule has 0 aromatic carbocycles. The quantitative estimate of drug-likeness (QED) is 0.267. The Morgan fingerprint density at radius 3 is 2.29 bits per heavy atom. The van der Waals surface area contributed by atoms with E-state index in [9.17, 15) is 0 Å². The molecule has 0 aromatic rings. The molecule has 0 saturated heterocycles. The summed E-state index contributed by atoms with van der Waals surface area (Å²) in [5.74, 6) is 0. The zero-order valence-corrected chi connectivity index (χ0v) is 6.01. The van der Waals surface area contributed by atoms with Crippen molar-refractivity contribution in [3.05, 3.63) is 18.8 Å². The van der Waals surface area contributed by atoms with E-state index in [1.165, 1.54) is 0 Å². The first kappa shape index (κ1) is 10.6. The van der Waals surface area contributed by atoms with E-state index in [-0.39, 0.29) is 18.9 Å². The zero-order valence-electron chi connectivity index (χ0n) is 4.29. The van der Waals surface area contributed by atoms with Gasteiger partial charge in [0.2, 0.25) is 6.85 Å². The Kier molecular flexibility index (Phi) is 10.2. The van der Waals surface area contributed by atoms with E-state index in [2.05, 4.69) is 18.4 Å². The molecule has 1 nitrogen and oxygen atoms in total. The number of hydrogen-bond acceptors (Lipinski definition) is 1. The SMILES string of the molecule is C=C[CH-][P+](N)=S.[Li+]. The predicted octanol–water partition coefficient (Wildman–Crippen LogP) is -1.84. The first-order valence-corrected chi connectivity index (χ1v) is 3.93. The number of hydrogen-bond donors (Lipinski definition) is 1. The molecule has 7 heavy (non-hydrogen) atoms. The largest absolute Gasteiger partial charge is 1.00 e. The molecule has 0 amide bonds. The fourth-order valence-corrected chi connectivity index (χ4v) is 0.570. The van der Waals surface area contributed by atoms with Gasteiger partial charge in [0.1, 0.15) is 0 Å². The van der Waals surface area contributed by atoms with Crippen LogP contribution in [0.25, 0.3) is 0 Å². The number of rotatable bonds is 2. The number of allylic oxidation sites excluding steroid dienone is 1. The van der Waals surface area contributed by atoms with Gasteiger partial charge >= 0.3 is 18.9 Å². The van der Waals surface area contributed by atoms with Gasteiger partial charge in [-0.15, -0.1) is 0 Å². The van der Waals surface area contributed by atoms with Crippen LogP contribution in [0.5, 0.6) is 0 Å². The maximum Gasteiger partial charge on any atom is 1.00 e. The van der Waals surface area contributed by atoms with Gasteiger partial charge in [-0.1, -0.05) is 0 Å². The molecular formula is C3H6LiNPS+. The third-order valence-electron chi connectivity index (χ3n) is 0.252. The third kappa shape index (κ3) is 10.8. The summed E-state index contributed by atoms with van der Waals surface area (Å²) in [6.45, 7) is 2.65. The average Bonchev–Trinajstić information content (AvgIpc) is 1.35. The molecule has 0 fully saturated rings. The van der Waals surface area contributed by atoms with Crippen molar-refractivity contribution in [1.82, 2.24) is 0 Å². The van der Waals surface area contributed by atoms with Crippen LogP contribution in [-0.4, -0.2) is 0 Å². The van der Waals surface area contributed by atoms with Gasteiger partial charge < -0.3 is 0 Å². The maximum atomic E-state index is 5.16. The van der Waals surface area contributed by atoms with Crippen molar-refractivity contribution in [3.63, 3.8) is 0 Å². The van der Waals surface area contributed by atoms with E-state index < -0.39 is 6.85 Å². The minimum absolute atomic E-state index is 0. The molecule has 1 atom stereocenters. The second kappa shape index (κ2) is 6.69. The van der Waals surface area contributed by atoms with Crippen molar-refractivity contribution in [2.24, 2.45) is 5.50 Å². The Morgan fingerprint density at radius 1 is 1.86 bits per heavy atom. The van der Waals surface area contributed by atoms with Crippen LogP contribution < -0.4 is 24.4 Å². The molecule has 0 rings (SSSR count). The zero-order chi connectivity index (χ0) is 4.99. The molecule has 0 bridgehead atoms. The van der Waals surface area contributed by atoms with Crippen LogP contribution in [0.15, 0.2) is 12.7 Å². The van der Waals surface area contributed by atoms with Crippen molar-refractivity contribution < 1.29 is 18.9 Å². The van der Waals surface area contributed by atoms with Crippen LogP contribution in [-0.2, 0) is 11.8 Å². The van der Waals surface area contributed by atoms with Gasteiger partial charge in [-0.2, -0.15) is 11.6 Å². The summed E-state index contributed by atoms with van der Waals surface area (Å²) < 4.78 is 0. The fourth-order valence-electron chi connectivity index (χ4n) is 0.104. The van der Waals surface area contributed by atoms with E-state index in [0.29, 0.717) is 0 Å². The predicted molar refractivity (Wildman–Crippen MR) is 33.0 cm³/mol. The molecule has 1 unspecified atom stereocenters. The molecule has 0 aliphatic heterocycles. The van der Waals surface area contributed by atoms with Crippen molar-refractivity contribution in [2.75, 3.05) is 0 Å². The van der Waals surface area contributed by atoms with Crippen LogP contribution in [0.3, 0.4) is 0 Å². The van der Waals surface area contributed by atoms with Crippen molar-refractivity contribution in [2.45, 2.75) is 0 Å². The molecule has 34 valence electrons. The second-order valence-electron chi connectivity index (χ2n) is 0.745. The van der Waals surface area contributed by atoms with Crippen LogP contribution >= 0.6 is 6.85 Å².